The van der Waals surface area contributed by atoms with E-state index in [0.717, 1.165) is 0 Å². The molecule has 0 aliphatic heterocycles. The molecule has 2 N–H and O–H groups in total. The maximum Gasteiger partial charge on any atom is 0.314 e. The van der Waals surface area contributed by atoms with Crippen molar-refractivity contribution in [2.24, 2.45) is 0 Å². The van der Waals surface area contributed by atoms with Gasteiger partial charge in [-0.05, 0) is 36.4 Å². The topological polar surface area (TPSA) is 67.4 Å². The standard InChI is InChI=1S/C15H12Cl2N2O3/c1-22-10-7-5-9(6-8-10)18-14(20)15(21)19-13-11(16)3-2-4-12(13)17/h2-8H,1H3,(H,18,20)(H,19,21). The summed E-state index contributed by atoms with van der Waals surface area (Å²) in [5.41, 5.74) is 0.659. The molecule has 0 aromatic heterocycles. The number of carbonyl (C=O) groups excluding carboxylic acids is 2. The van der Waals surface area contributed by atoms with Gasteiger partial charge in [0.1, 0.15) is 5.75 Å². The third kappa shape index (κ3) is 3.90. The molecule has 114 valence electrons. The molecule has 0 aliphatic rings. The Labute approximate surface area is 137 Å². The van der Waals surface area contributed by atoms with Crippen molar-refractivity contribution in [1.82, 2.24) is 0 Å². The van der Waals surface area contributed by atoms with Crippen LogP contribution in [-0.4, -0.2) is 18.9 Å². The number of amides is 2. The number of hydrogen-bond donors (Lipinski definition) is 2. The van der Waals surface area contributed by atoms with E-state index < -0.39 is 11.8 Å². The number of ether oxygens (including phenoxy) is 1. The van der Waals surface area contributed by atoms with E-state index in [2.05, 4.69) is 10.6 Å². The molecule has 2 aromatic carbocycles. The van der Waals surface area contributed by atoms with E-state index in [9.17, 15) is 9.59 Å². The van der Waals surface area contributed by atoms with E-state index in [0.29, 0.717) is 11.4 Å². The first kappa shape index (κ1) is 16.1. The number of benzene rings is 2. The molecule has 2 aromatic rings. The van der Waals surface area contributed by atoms with Crippen molar-refractivity contribution in [3.8, 4) is 5.75 Å². The van der Waals surface area contributed by atoms with E-state index in [1.165, 1.54) is 7.11 Å². The number of para-hydroxylation sites is 1. The third-order valence-electron chi connectivity index (χ3n) is 2.76. The molecule has 0 saturated heterocycles. The fourth-order valence-corrected chi connectivity index (χ4v) is 2.14. The molecule has 0 fully saturated rings. The summed E-state index contributed by atoms with van der Waals surface area (Å²) in [5.74, 6) is -1.06. The summed E-state index contributed by atoms with van der Waals surface area (Å²) < 4.78 is 5.01. The van der Waals surface area contributed by atoms with Crippen molar-refractivity contribution in [2.45, 2.75) is 0 Å². The molecular weight excluding hydrogens is 327 g/mol. The van der Waals surface area contributed by atoms with Crippen LogP contribution in [0.3, 0.4) is 0 Å². The molecule has 2 amide bonds. The molecule has 0 unspecified atom stereocenters. The molecule has 0 spiro atoms. The molecule has 0 atom stereocenters. The number of halogens is 2. The van der Waals surface area contributed by atoms with Crippen molar-refractivity contribution in [3.05, 3.63) is 52.5 Å². The summed E-state index contributed by atoms with van der Waals surface area (Å²) in [7, 11) is 1.54. The first-order valence-electron chi connectivity index (χ1n) is 6.21. The normalized spacial score (nSPS) is 9.95. The van der Waals surface area contributed by atoms with Gasteiger partial charge in [0, 0.05) is 5.69 Å². The zero-order valence-corrected chi connectivity index (χ0v) is 13.0. The number of carbonyl (C=O) groups is 2. The minimum atomic E-state index is -0.870. The average molecular weight is 339 g/mol. The van der Waals surface area contributed by atoms with Gasteiger partial charge >= 0.3 is 11.8 Å². The minimum absolute atomic E-state index is 0.195. The first-order chi connectivity index (χ1) is 10.5. The summed E-state index contributed by atoms with van der Waals surface area (Å²) in [6, 6.07) is 11.3. The van der Waals surface area contributed by atoms with Crippen molar-refractivity contribution < 1.29 is 14.3 Å². The van der Waals surface area contributed by atoms with Gasteiger partial charge in [-0.15, -0.1) is 0 Å². The molecule has 0 saturated carbocycles. The van der Waals surface area contributed by atoms with Crippen LogP contribution in [0.25, 0.3) is 0 Å². The third-order valence-corrected chi connectivity index (χ3v) is 3.39. The highest BCUT2D eigenvalue weighted by Gasteiger charge is 2.17. The van der Waals surface area contributed by atoms with E-state index >= 15 is 0 Å². The SMILES string of the molecule is COc1ccc(NC(=O)C(=O)Nc2c(Cl)cccc2Cl)cc1. The van der Waals surface area contributed by atoms with Crippen LogP contribution in [0.15, 0.2) is 42.5 Å². The van der Waals surface area contributed by atoms with Gasteiger partial charge in [0.2, 0.25) is 0 Å². The lowest BCUT2D eigenvalue weighted by molar-refractivity contribution is -0.132. The van der Waals surface area contributed by atoms with Crippen LogP contribution in [0.1, 0.15) is 0 Å². The summed E-state index contributed by atoms with van der Waals surface area (Å²) in [6.45, 7) is 0. The van der Waals surface area contributed by atoms with E-state index in [1.54, 1.807) is 42.5 Å². The molecule has 2 rings (SSSR count). The lowest BCUT2D eigenvalue weighted by atomic mass is 10.3. The fourth-order valence-electron chi connectivity index (χ4n) is 1.65. The van der Waals surface area contributed by atoms with Gasteiger partial charge < -0.3 is 15.4 Å². The average Bonchev–Trinajstić information content (AvgIpc) is 2.51. The summed E-state index contributed by atoms with van der Waals surface area (Å²) >= 11 is 11.9. The van der Waals surface area contributed by atoms with Crippen molar-refractivity contribution in [3.63, 3.8) is 0 Å². The first-order valence-corrected chi connectivity index (χ1v) is 6.97. The summed E-state index contributed by atoms with van der Waals surface area (Å²) in [4.78, 5) is 23.7. The molecule has 0 heterocycles. The maximum atomic E-state index is 11.9. The Morgan fingerprint density at radius 3 is 2.00 bits per heavy atom. The zero-order chi connectivity index (χ0) is 16.1. The van der Waals surface area contributed by atoms with Crippen LogP contribution < -0.4 is 15.4 Å². The van der Waals surface area contributed by atoms with E-state index in [-0.39, 0.29) is 15.7 Å². The highest BCUT2D eigenvalue weighted by atomic mass is 35.5. The Balaban J connectivity index is 2.04. The van der Waals surface area contributed by atoms with Gasteiger partial charge in [0.15, 0.2) is 0 Å². The number of hydrogen-bond acceptors (Lipinski definition) is 3. The van der Waals surface area contributed by atoms with Crippen molar-refractivity contribution in [2.75, 3.05) is 17.7 Å². The number of methoxy groups -OCH3 is 1. The van der Waals surface area contributed by atoms with Gasteiger partial charge in [-0.1, -0.05) is 29.3 Å². The number of anilines is 2. The Morgan fingerprint density at radius 2 is 1.45 bits per heavy atom. The minimum Gasteiger partial charge on any atom is -0.497 e. The number of rotatable bonds is 3. The van der Waals surface area contributed by atoms with E-state index in [1.807, 2.05) is 0 Å². The second kappa shape index (κ2) is 7.15. The largest absolute Gasteiger partial charge is 0.497 e. The zero-order valence-electron chi connectivity index (χ0n) is 11.5. The predicted octanol–water partition coefficient (Wildman–Crippen LogP) is 3.58. The second-order valence-corrected chi connectivity index (χ2v) is 5.05. The summed E-state index contributed by atoms with van der Waals surface area (Å²) in [6.07, 6.45) is 0. The van der Waals surface area contributed by atoms with Gasteiger partial charge in [0.05, 0.1) is 22.8 Å². The fraction of sp³-hybridized carbons (Fsp3) is 0.0667. The Morgan fingerprint density at radius 1 is 0.909 bits per heavy atom. The second-order valence-electron chi connectivity index (χ2n) is 4.23. The monoisotopic (exact) mass is 338 g/mol. The lowest BCUT2D eigenvalue weighted by Gasteiger charge is -2.09. The Hall–Kier alpha value is -2.24. The van der Waals surface area contributed by atoms with Gasteiger partial charge in [0.25, 0.3) is 0 Å². The smallest absolute Gasteiger partial charge is 0.314 e. The highest BCUT2D eigenvalue weighted by molar-refractivity contribution is 6.46. The van der Waals surface area contributed by atoms with Crippen LogP contribution >= 0.6 is 23.2 Å². The van der Waals surface area contributed by atoms with Crippen LogP contribution in [0.2, 0.25) is 10.0 Å². The summed E-state index contributed by atoms with van der Waals surface area (Å²) in [5, 5.41) is 5.34. The molecule has 5 nitrogen and oxygen atoms in total. The van der Waals surface area contributed by atoms with E-state index in [4.69, 9.17) is 27.9 Å². The van der Waals surface area contributed by atoms with Crippen molar-refractivity contribution in [1.29, 1.82) is 0 Å². The van der Waals surface area contributed by atoms with Gasteiger partial charge in [-0.2, -0.15) is 0 Å². The molecule has 22 heavy (non-hydrogen) atoms. The lowest BCUT2D eigenvalue weighted by Crippen LogP contribution is -2.29. The molecule has 0 aliphatic carbocycles. The van der Waals surface area contributed by atoms with Crippen LogP contribution in [0.5, 0.6) is 5.75 Å². The molecule has 0 radical (unpaired) electrons. The number of nitrogens with one attached hydrogen (secondary N) is 2. The van der Waals surface area contributed by atoms with Crippen LogP contribution in [0, 0.1) is 0 Å². The maximum absolute atomic E-state index is 11.9. The quantitative estimate of drug-likeness (QED) is 0.840. The van der Waals surface area contributed by atoms with Gasteiger partial charge in [-0.25, -0.2) is 0 Å². The highest BCUT2D eigenvalue weighted by Crippen LogP contribution is 2.29. The van der Waals surface area contributed by atoms with Crippen LogP contribution in [-0.2, 0) is 9.59 Å². The Bertz CT molecular complexity index is 682. The Kier molecular flexibility index (Phi) is 5.25. The van der Waals surface area contributed by atoms with Crippen LogP contribution in [0.4, 0.5) is 11.4 Å². The molecular formula is C15H12Cl2N2O3. The molecule has 0 bridgehead atoms. The predicted molar refractivity (Wildman–Crippen MR) is 86.7 cm³/mol. The van der Waals surface area contributed by atoms with Gasteiger partial charge in [-0.3, -0.25) is 9.59 Å². The van der Waals surface area contributed by atoms with Crippen molar-refractivity contribution >= 4 is 46.4 Å². The molecule has 7 heteroatoms.